The highest BCUT2D eigenvalue weighted by Gasteiger charge is 2.18. The smallest absolute Gasteiger partial charge is 0.261 e. The molecule has 2 N–H and O–H groups in total. The number of benzene rings is 1. The minimum absolute atomic E-state index is 0.00907. The Morgan fingerprint density at radius 3 is 2.91 bits per heavy atom. The number of thiophene rings is 1. The number of nitrogens with zero attached hydrogens (tertiary/aromatic N) is 4. The van der Waals surface area contributed by atoms with Crippen LogP contribution in [-0.2, 0) is 26.4 Å². The number of amides is 1. The van der Waals surface area contributed by atoms with Gasteiger partial charge in [0.2, 0.25) is 5.95 Å². The fourth-order valence-corrected chi connectivity index (χ4v) is 5.12. The van der Waals surface area contributed by atoms with E-state index >= 15 is 0 Å². The van der Waals surface area contributed by atoms with Crippen molar-refractivity contribution >= 4 is 28.9 Å². The zero-order valence-electron chi connectivity index (χ0n) is 18.1. The maximum absolute atomic E-state index is 12.6. The van der Waals surface area contributed by atoms with Crippen LogP contribution < -0.4 is 10.6 Å². The number of nitrogens with one attached hydrogen (secondary N) is 2. The van der Waals surface area contributed by atoms with Crippen molar-refractivity contribution in [1.82, 2.24) is 25.1 Å². The summed E-state index contributed by atoms with van der Waals surface area (Å²) in [4.78, 5) is 23.7. The number of fused-ring (bicyclic) bond motifs is 1. The van der Waals surface area contributed by atoms with Crippen molar-refractivity contribution in [3.05, 3.63) is 75.4 Å². The first-order valence-electron chi connectivity index (χ1n) is 10.6. The summed E-state index contributed by atoms with van der Waals surface area (Å²) in [5, 5.41) is 10.4. The maximum atomic E-state index is 12.6. The third-order valence-corrected chi connectivity index (χ3v) is 6.90. The number of aryl methyl sites for hydroxylation is 4. The van der Waals surface area contributed by atoms with Gasteiger partial charge in [-0.25, -0.2) is 9.97 Å². The molecule has 0 saturated carbocycles. The Balaban J connectivity index is 1.26. The van der Waals surface area contributed by atoms with Crippen molar-refractivity contribution in [2.45, 2.75) is 32.7 Å². The van der Waals surface area contributed by atoms with Crippen LogP contribution in [0.15, 0.2) is 48.9 Å². The molecule has 0 spiro atoms. The number of anilines is 2. The summed E-state index contributed by atoms with van der Waals surface area (Å²) in [6.45, 7) is 2.56. The molecule has 0 unspecified atom stereocenters. The Kier molecular flexibility index (Phi) is 5.45. The topological polar surface area (TPSA) is 84.7 Å². The van der Waals surface area contributed by atoms with Crippen molar-refractivity contribution < 1.29 is 4.79 Å². The van der Waals surface area contributed by atoms with Crippen LogP contribution in [0.25, 0.3) is 11.3 Å². The number of hydrogen-bond acceptors (Lipinski definition) is 6. The molecule has 1 aliphatic rings. The van der Waals surface area contributed by atoms with Gasteiger partial charge in [0.15, 0.2) is 0 Å². The molecule has 0 atom stereocenters. The quantitative estimate of drug-likeness (QED) is 0.460. The second kappa shape index (κ2) is 8.55. The maximum Gasteiger partial charge on any atom is 0.261 e. The molecule has 0 radical (unpaired) electrons. The largest absolute Gasteiger partial charge is 0.347 e. The van der Waals surface area contributed by atoms with Crippen LogP contribution in [-0.4, -0.2) is 25.7 Å². The molecule has 0 aliphatic heterocycles. The van der Waals surface area contributed by atoms with E-state index in [9.17, 15) is 4.79 Å². The lowest BCUT2D eigenvalue weighted by atomic mass is 10.0. The summed E-state index contributed by atoms with van der Waals surface area (Å²) in [6.07, 6.45) is 8.75. The molecule has 8 heteroatoms. The van der Waals surface area contributed by atoms with E-state index in [0.717, 1.165) is 45.8 Å². The van der Waals surface area contributed by atoms with Crippen LogP contribution in [0.1, 0.15) is 37.7 Å². The summed E-state index contributed by atoms with van der Waals surface area (Å²) in [6, 6.07) is 10.1. The molecule has 4 aromatic rings. The molecule has 5 rings (SSSR count). The second-order valence-electron chi connectivity index (χ2n) is 8.03. The third kappa shape index (κ3) is 4.27. The molecule has 3 aromatic heterocycles. The second-order valence-corrected chi connectivity index (χ2v) is 9.17. The summed E-state index contributed by atoms with van der Waals surface area (Å²) < 4.78 is 1.72. The Morgan fingerprint density at radius 2 is 2.12 bits per heavy atom. The fraction of sp³-hybridized carbons (Fsp3) is 0.250. The van der Waals surface area contributed by atoms with Crippen LogP contribution in [0.5, 0.6) is 0 Å². The van der Waals surface area contributed by atoms with Gasteiger partial charge < -0.3 is 10.6 Å². The minimum Gasteiger partial charge on any atom is -0.347 e. The van der Waals surface area contributed by atoms with E-state index in [4.69, 9.17) is 0 Å². The first-order chi connectivity index (χ1) is 15.5. The molecule has 1 aromatic carbocycles. The first-order valence-corrected chi connectivity index (χ1v) is 11.5. The SMILES string of the molecule is Cc1cc(-c2ccnc(Nc3cnn(C)c3)n2)ccc1CNC(=O)c1cc2c(s1)CCC2. The standard InChI is InChI=1S/C24H24N6OS/c1-15-10-16(20-8-9-25-24(29-20)28-19-13-27-30(2)14-19)6-7-18(15)12-26-23(31)22-11-17-4-3-5-21(17)32-22/h6-11,13-14H,3-5,12H2,1-2H3,(H,26,31)(H,25,28,29). The van der Waals surface area contributed by atoms with Gasteiger partial charge in [-0.3, -0.25) is 9.48 Å². The molecule has 3 heterocycles. The lowest BCUT2D eigenvalue weighted by molar-refractivity contribution is 0.0955. The van der Waals surface area contributed by atoms with E-state index in [1.54, 1.807) is 28.4 Å². The van der Waals surface area contributed by atoms with E-state index in [0.29, 0.717) is 12.5 Å². The number of carbonyl (C=O) groups is 1. The van der Waals surface area contributed by atoms with E-state index in [-0.39, 0.29) is 5.91 Å². The van der Waals surface area contributed by atoms with Crippen LogP contribution in [0.3, 0.4) is 0 Å². The highest BCUT2D eigenvalue weighted by atomic mass is 32.1. The van der Waals surface area contributed by atoms with Gasteiger partial charge in [0.1, 0.15) is 0 Å². The van der Waals surface area contributed by atoms with Gasteiger partial charge in [-0.15, -0.1) is 11.3 Å². The molecule has 0 fully saturated rings. The predicted octanol–water partition coefficient (Wildman–Crippen LogP) is 4.41. The van der Waals surface area contributed by atoms with Crippen LogP contribution >= 0.6 is 11.3 Å². The van der Waals surface area contributed by atoms with Gasteiger partial charge >= 0.3 is 0 Å². The third-order valence-electron chi connectivity index (χ3n) is 5.66. The van der Waals surface area contributed by atoms with E-state index in [1.165, 1.54) is 16.9 Å². The van der Waals surface area contributed by atoms with Crippen LogP contribution in [0.2, 0.25) is 0 Å². The highest BCUT2D eigenvalue weighted by molar-refractivity contribution is 7.14. The van der Waals surface area contributed by atoms with Gasteiger partial charge in [0, 0.05) is 36.4 Å². The average molecular weight is 445 g/mol. The molecular formula is C24H24N6OS. The minimum atomic E-state index is 0.00907. The molecule has 162 valence electrons. The van der Waals surface area contributed by atoms with Gasteiger partial charge in [-0.2, -0.15) is 5.10 Å². The Morgan fingerprint density at radius 1 is 1.22 bits per heavy atom. The van der Waals surface area contributed by atoms with E-state index < -0.39 is 0 Å². The molecule has 0 bridgehead atoms. The van der Waals surface area contributed by atoms with E-state index in [1.807, 2.05) is 25.4 Å². The van der Waals surface area contributed by atoms with Crippen molar-refractivity contribution in [3.63, 3.8) is 0 Å². The lowest BCUT2D eigenvalue weighted by Gasteiger charge is -2.10. The number of carbonyl (C=O) groups excluding carboxylic acids is 1. The number of rotatable bonds is 6. The Bertz CT molecular complexity index is 1270. The zero-order chi connectivity index (χ0) is 22.1. The average Bonchev–Trinajstić information content (AvgIpc) is 3.49. The predicted molar refractivity (Wildman–Crippen MR) is 126 cm³/mol. The first kappa shape index (κ1) is 20.4. The van der Waals surface area contributed by atoms with Crippen molar-refractivity contribution in [2.75, 3.05) is 5.32 Å². The Labute approximate surface area is 190 Å². The molecule has 7 nitrogen and oxygen atoms in total. The Hall–Kier alpha value is -3.52. The van der Waals surface area contributed by atoms with Crippen LogP contribution in [0.4, 0.5) is 11.6 Å². The van der Waals surface area contributed by atoms with Crippen LogP contribution in [0, 0.1) is 6.92 Å². The monoisotopic (exact) mass is 444 g/mol. The summed E-state index contributed by atoms with van der Waals surface area (Å²) in [5.74, 6) is 0.530. The molecular weight excluding hydrogens is 420 g/mol. The summed E-state index contributed by atoms with van der Waals surface area (Å²) in [5.41, 5.74) is 6.22. The van der Waals surface area contributed by atoms with Gasteiger partial charge in [0.25, 0.3) is 5.91 Å². The van der Waals surface area contributed by atoms with Crippen molar-refractivity contribution in [1.29, 1.82) is 0 Å². The fourth-order valence-electron chi connectivity index (χ4n) is 3.95. The molecule has 1 amide bonds. The van der Waals surface area contributed by atoms with Crippen molar-refractivity contribution in [2.24, 2.45) is 7.05 Å². The lowest BCUT2D eigenvalue weighted by Crippen LogP contribution is -2.22. The normalized spacial score (nSPS) is 12.6. The van der Waals surface area contributed by atoms with Gasteiger partial charge in [0.05, 0.1) is 22.5 Å². The number of aromatic nitrogens is 4. The number of hydrogen-bond donors (Lipinski definition) is 2. The summed E-state index contributed by atoms with van der Waals surface area (Å²) >= 11 is 1.63. The van der Waals surface area contributed by atoms with Crippen molar-refractivity contribution in [3.8, 4) is 11.3 Å². The molecule has 1 aliphatic carbocycles. The molecule has 32 heavy (non-hydrogen) atoms. The highest BCUT2D eigenvalue weighted by Crippen LogP contribution is 2.30. The van der Waals surface area contributed by atoms with E-state index in [2.05, 4.69) is 50.8 Å². The summed E-state index contributed by atoms with van der Waals surface area (Å²) in [7, 11) is 1.86. The molecule has 0 saturated heterocycles. The van der Waals surface area contributed by atoms with Gasteiger partial charge in [-0.05, 0) is 61.1 Å². The van der Waals surface area contributed by atoms with Gasteiger partial charge in [-0.1, -0.05) is 12.1 Å². The zero-order valence-corrected chi connectivity index (χ0v) is 18.9.